The predicted molar refractivity (Wildman–Crippen MR) is 68.5 cm³/mol. The summed E-state index contributed by atoms with van der Waals surface area (Å²) >= 11 is 0. The fourth-order valence-electron chi connectivity index (χ4n) is 1.26. The zero-order valence-corrected chi connectivity index (χ0v) is 10.6. The molecule has 0 heterocycles. The molecule has 1 aromatic carbocycles. The normalized spacial score (nSPS) is 10.7. The number of carbonyl (C=O) groups is 1. The SMILES string of the molecule is CCC(C)(C)C(=O)Nc1ccc(CC#N)cc1. The lowest BCUT2D eigenvalue weighted by Gasteiger charge is -2.21. The van der Waals surface area contributed by atoms with Crippen molar-refractivity contribution in [1.82, 2.24) is 0 Å². The summed E-state index contributed by atoms with van der Waals surface area (Å²) in [5.74, 6) is 0.0213. The van der Waals surface area contributed by atoms with E-state index in [1.54, 1.807) is 0 Å². The van der Waals surface area contributed by atoms with Crippen LogP contribution in [-0.4, -0.2) is 5.91 Å². The highest BCUT2D eigenvalue weighted by atomic mass is 16.2. The van der Waals surface area contributed by atoms with E-state index in [4.69, 9.17) is 5.26 Å². The molecule has 0 unspecified atom stereocenters. The van der Waals surface area contributed by atoms with E-state index in [1.165, 1.54) is 0 Å². The lowest BCUT2D eigenvalue weighted by Crippen LogP contribution is -2.29. The van der Waals surface area contributed by atoms with Gasteiger partial charge in [-0.15, -0.1) is 0 Å². The number of nitrogens with zero attached hydrogens (tertiary/aromatic N) is 1. The maximum Gasteiger partial charge on any atom is 0.230 e. The van der Waals surface area contributed by atoms with Crippen molar-refractivity contribution in [3.8, 4) is 6.07 Å². The number of hydrogen-bond acceptors (Lipinski definition) is 2. The first-order valence-electron chi connectivity index (χ1n) is 5.77. The van der Waals surface area contributed by atoms with Gasteiger partial charge in [0.15, 0.2) is 0 Å². The topological polar surface area (TPSA) is 52.9 Å². The minimum absolute atomic E-state index is 0.0213. The molecule has 0 radical (unpaired) electrons. The maximum absolute atomic E-state index is 11.9. The summed E-state index contributed by atoms with van der Waals surface area (Å²) in [5, 5.41) is 11.4. The largest absolute Gasteiger partial charge is 0.326 e. The van der Waals surface area contributed by atoms with Gasteiger partial charge in [-0.3, -0.25) is 4.79 Å². The van der Waals surface area contributed by atoms with E-state index in [1.807, 2.05) is 45.0 Å². The highest BCUT2D eigenvalue weighted by molar-refractivity contribution is 5.94. The molecule has 0 spiro atoms. The number of rotatable bonds is 4. The lowest BCUT2D eigenvalue weighted by molar-refractivity contribution is -0.124. The van der Waals surface area contributed by atoms with Crippen LogP contribution in [0.4, 0.5) is 5.69 Å². The molecule has 0 bridgehead atoms. The maximum atomic E-state index is 11.9. The first kappa shape index (κ1) is 13.2. The molecular weight excluding hydrogens is 212 g/mol. The number of nitrogens with one attached hydrogen (secondary N) is 1. The number of carbonyl (C=O) groups excluding carboxylic acids is 1. The Morgan fingerprint density at radius 1 is 1.35 bits per heavy atom. The second-order valence-corrected chi connectivity index (χ2v) is 4.72. The molecule has 1 amide bonds. The Bertz CT molecular complexity index is 427. The van der Waals surface area contributed by atoms with Crippen molar-refractivity contribution in [1.29, 1.82) is 5.26 Å². The fourth-order valence-corrected chi connectivity index (χ4v) is 1.26. The number of nitriles is 1. The molecule has 0 aliphatic carbocycles. The molecule has 0 atom stereocenters. The van der Waals surface area contributed by atoms with Gasteiger partial charge in [-0.2, -0.15) is 5.26 Å². The van der Waals surface area contributed by atoms with Gasteiger partial charge in [-0.25, -0.2) is 0 Å². The Hall–Kier alpha value is -1.82. The standard InChI is InChI=1S/C14H18N2O/c1-4-14(2,3)13(17)16-12-7-5-11(6-8-12)9-10-15/h5-8H,4,9H2,1-3H3,(H,16,17). The Labute approximate surface area is 102 Å². The van der Waals surface area contributed by atoms with Crippen LogP contribution in [0.2, 0.25) is 0 Å². The van der Waals surface area contributed by atoms with E-state index in [0.29, 0.717) is 6.42 Å². The first-order valence-corrected chi connectivity index (χ1v) is 5.77. The van der Waals surface area contributed by atoms with Crippen molar-refractivity contribution in [2.24, 2.45) is 5.41 Å². The van der Waals surface area contributed by atoms with Gasteiger partial charge in [-0.05, 0) is 24.1 Å². The van der Waals surface area contributed by atoms with Crippen LogP contribution in [0.15, 0.2) is 24.3 Å². The van der Waals surface area contributed by atoms with Gasteiger partial charge in [0.25, 0.3) is 0 Å². The molecule has 0 saturated heterocycles. The van der Waals surface area contributed by atoms with E-state index in [2.05, 4.69) is 11.4 Å². The monoisotopic (exact) mass is 230 g/mol. The van der Waals surface area contributed by atoms with Crippen LogP contribution in [0.3, 0.4) is 0 Å². The number of amides is 1. The summed E-state index contributed by atoms with van der Waals surface area (Å²) in [4.78, 5) is 11.9. The fraction of sp³-hybridized carbons (Fsp3) is 0.429. The van der Waals surface area contributed by atoms with Crippen LogP contribution in [0.25, 0.3) is 0 Å². The van der Waals surface area contributed by atoms with Crippen molar-refractivity contribution < 1.29 is 4.79 Å². The average Bonchev–Trinajstić information content (AvgIpc) is 2.32. The van der Waals surface area contributed by atoms with Crippen molar-refractivity contribution in [2.75, 3.05) is 5.32 Å². The third kappa shape index (κ3) is 3.60. The van der Waals surface area contributed by atoms with Crippen LogP contribution in [0.5, 0.6) is 0 Å². The van der Waals surface area contributed by atoms with Crippen LogP contribution in [0, 0.1) is 16.7 Å². The van der Waals surface area contributed by atoms with Crippen LogP contribution < -0.4 is 5.32 Å². The Kier molecular flexibility index (Phi) is 4.28. The van der Waals surface area contributed by atoms with Crippen LogP contribution in [0.1, 0.15) is 32.8 Å². The smallest absolute Gasteiger partial charge is 0.230 e. The molecule has 90 valence electrons. The molecule has 1 aromatic rings. The van der Waals surface area contributed by atoms with E-state index in [0.717, 1.165) is 17.7 Å². The zero-order chi connectivity index (χ0) is 12.9. The second kappa shape index (κ2) is 5.49. The molecule has 0 saturated carbocycles. The number of hydrogen-bond donors (Lipinski definition) is 1. The quantitative estimate of drug-likeness (QED) is 0.864. The third-order valence-corrected chi connectivity index (χ3v) is 2.99. The minimum Gasteiger partial charge on any atom is -0.326 e. The van der Waals surface area contributed by atoms with Gasteiger partial charge in [0.2, 0.25) is 5.91 Å². The molecule has 0 aliphatic heterocycles. The molecule has 17 heavy (non-hydrogen) atoms. The third-order valence-electron chi connectivity index (χ3n) is 2.99. The minimum atomic E-state index is -0.356. The van der Waals surface area contributed by atoms with E-state index < -0.39 is 0 Å². The van der Waals surface area contributed by atoms with E-state index >= 15 is 0 Å². The average molecular weight is 230 g/mol. The molecule has 0 fully saturated rings. The molecule has 3 heteroatoms. The van der Waals surface area contributed by atoms with Crippen molar-refractivity contribution in [2.45, 2.75) is 33.6 Å². The van der Waals surface area contributed by atoms with E-state index in [9.17, 15) is 4.79 Å². The Morgan fingerprint density at radius 2 is 1.94 bits per heavy atom. The summed E-state index contributed by atoms with van der Waals surface area (Å²) in [6.45, 7) is 5.84. The van der Waals surface area contributed by atoms with Crippen LogP contribution in [-0.2, 0) is 11.2 Å². The number of anilines is 1. The Morgan fingerprint density at radius 3 is 2.41 bits per heavy atom. The Balaban J connectivity index is 2.70. The highest BCUT2D eigenvalue weighted by Gasteiger charge is 2.24. The van der Waals surface area contributed by atoms with Gasteiger partial charge in [0, 0.05) is 11.1 Å². The van der Waals surface area contributed by atoms with E-state index in [-0.39, 0.29) is 11.3 Å². The van der Waals surface area contributed by atoms with Crippen LogP contribution >= 0.6 is 0 Å². The molecule has 1 rings (SSSR count). The molecule has 0 aromatic heterocycles. The lowest BCUT2D eigenvalue weighted by atomic mass is 9.89. The molecule has 0 aliphatic rings. The second-order valence-electron chi connectivity index (χ2n) is 4.72. The van der Waals surface area contributed by atoms with Crippen molar-refractivity contribution >= 4 is 11.6 Å². The molecule has 1 N–H and O–H groups in total. The van der Waals surface area contributed by atoms with Crippen molar-refractivity contribution in [3.05, 3.63) is 29.8 Å². The zero-order valence-electron chi connectivity index (χ0n) is 10.6. The van der Waals surface area contributed by atoms with Crippen molar-refractivity contribution in [3.63, 3.8) is 0 Å². The summed E-state index contributed by atoms with van der Waals surface area (Å²) in [7, 11) is 0. The number of benzene rings is 1. The van der Waals surface area contributed by atoms with Gasteiger partial charge in [0.1, 0.15) is 0 Å². The molecule has 3 nitrogen and oxygen atoms in total. The van der Waals surface area contributed by atoms with Gasteiger partial charge in [-0.1, -0.05) is 32.9 Å². The first-order chi connectivity index (χ1) is 7.99. The summed E-state index contributed by atoms with van der Waals surface area (Å²) in [6, 6.07) is 9.47. The van der Waals surface area contributed by atoms with Gasteiger partial charge >= 0.3 is 0 Å². The van der Waals surface area contributed by atoms with Gasteiger partial charge in [0.05, 0.1) is 12.5 Å². The summed E-state index contributed by atoms with van der Waals surface area (Å²) < 4.78 is 0. The summed E-state index contributed by atoms with van der Waals surface area (Å²) in [5.41, 5.74) is 1.38. The highest BCUT2D eigenvalue weighted by Crippen LogP contribution is 2.22. The summed E-state index contributed by atoms with van der Waals surface area (Å²) in [6.07, 6.45) is 1.19. The predicted octanol–water partition coefficient (Wildman–Crippen LogP) is 3.13. The van der Waals surface area contributed by atoms with Gasteiger partial charge < -0.3 is 5.32 Å². The molecular formula is C14H18N2O.